The first-order valence-corrected chi connectivity index (χ1v) is 4.37. The second kappa shape index (κ2) is 5.06. The van der Waals surface area contributed by atoms with Crippen LogP contribution in [-0.2, 0) is 4.79 Å². The minimum Gasteiger partial charge on any atom is -0.387 e. The van der Waals surface area contributed by atoms with Crippen molar-refractivity contribution in [3.8, 4) is 0 Å². The molecule has 0 saturated carbocycles. The number of primary amides is 1. The van der Waals surface area contributed by atoms with Gasteiger partial charge in [0.1, 0.15) is 0 Å². The molecule has 0 aromatic carbocycles. The van der Waals surface area contributed by atoms with E-state index in [9.17, 15) is 4.79 Å². The molecule has 0 aliphatic carbocycles. The van der Waals surface area contributed by atoms with Gasteiger partial charge in [-0.05, 0) is 6.07 Å². The summed E-state index contributed by atoms with van der Waals surface area (Å²) in [6.07, 6.45) is 3.74. The summed E-state index contributed by atoms with van der Waals surface area (Å²) in [7, 11) is 1.82. The Balaban J connectivity index is 2.46. The zero-order chi connectivity index (χ0) is 10.4. The van der Waals surface area contributed by atoms with Crippen LogP contribution in [0.25, 0.3) is 0 Å². The van der Waals surface area contributed by atoms with Crippen molar-refractivity contribution in [3.63, 3.8) is 0 Å². The third-order valence-electron chi connectivity index (χ3n) is 1.73. The molecule has 0 atom stereocenters. The van der Waals surface area contributed by atoms with Crippen LogP contribution in [0.5, 0.6) is 0 Å². The van der Waals surface area contributed by atoms with Crippen LogP contribution in [0, 0.1) is 0 Å². The van der Waals surface area contributed by atoms with Gasteiger partial charge in [-0.2, -0.15) is 0 Å². The molecule has 76 valence electrons. The Bertz CT molecular complexity index is 313. The van der Waals surface area contributed by atoms with Gasteiger partial charge in [0.15, 0.2) is 0 Å². The first kappa shape index (κ1) is 10.3. The number of carbonyl (C=O) groups is 1. The van der Waals surface area contributed by atoms with Crippen molar-refractivity contribution < 1.29 is 4.79 Å². The highest BCUT2D eigenvalue weighted by molar-refractivity contribution is 5.74. The van der Waals surface area contributed by atoms with Crippen LogP contribution >= 0.6 is 0 Å². The van der Waals surface area contributed by atoms with Crippen LogP contribution in [0.3, 0.4) is 0 Å². The molecule has 0 bridgehead atoms. The number of aromatic nitrogens is 1. The molecular formula is C9H14N4O. The van der Waals surface area contributed by atoms with Gasteiger partial charge < -0.3 is 16.4 Å². The van der Waals surface area contributed by atoms with Crippen molar-refractivity contribution in [2.24, 2.45) is 5.73 Å². The molecule has 14 heavy (non-hydrogen) atoms. The Morgan fingerprint density at radius 2 is 2.21 bits per heavy atom. The largest absolute Gasteiger partial charge is 0.387 e. The third kappa shape index (κ3) is 3.30. The molecule has 0 unspecified atom stereocenters. The van der Waals surface area contributed by atoms with Crippen LogP contribution in [0.15, 0.2) is 18.5 Å². The van der Waals surface area contributed by atoms with Crippen LogP contribution in [0.4, 0.5) is 11.4 Å². The Morgan fingerprint density at radius 3 is 2.86 bits per heavy atom. The maximum Gasteiger partial charge on any atom is 0.219 e. The van der Waals surface area contributed by atoms with Crippen molar-refractivity contribution in [1.29, 1.82) is 0 Å². The minimum absolute atomic E-state index is 0.310. The maximum absolute atomic E-state index is 10.5. The normalized spacial score (nSPS) is 9.50. The SMILES string of the molecule is CNc1cncc(NCCC(N)=O)c1. The monoisotopic (exact) mass is 194 g/mol. The maximum atomic E-state index is 10.5. The molecule has 1 heterocycles. The van der Waals surface area contributed by atoms with Gasteiger partial charge in [-0.25, -0.2) is 0 Å². The molecule has 0 aliphatic heterocycles. The lowest BCUT2D eigenvalue weighted by atomic mass is 10.3. The van der Waals surface area contributed by atoms with Gasteiger partial charge in [0, 0.05) is 20.0 Å². The second-order valence-electron chi connectivity index (χ2n) is 2.86. The number of nitrogens with zero attached hydrogens (tertiary/aromatic N) is 1. The molecule has 1 aromatic heterocycles. The summed E-state index contributed by atoms with van der Waals surface area (Å²) in [4.78, 5) is 14.5. The first-order valence-electron chi connectivity index (χ1n) is 4.37. The number of anilines is 2. The van der Waals surface area contributed by atoms with Crippen molar-refractivity contribution in [3.05, 3.63) is 18.5 Å². The van der Waals surface area contributed by atoms with Crippen molar-refractivity contribution in [2.45, 2.75) is 6.42 Å². The molecular weight excluding hydrogens is 180 g/mol. The fraction of sp³-hybridized carbons (Fsp3) is 0.333. The molecule has 0 aliphatic rings. The summed E-state index contributed by atoms with van der Waals surface area (Å²) in [6.45, 7) is 0.532. The van der Waals surface area contributed by atoms with Gasteiger partial charge in [-0.1, -0.05) is 0 Å². The van der Waals surface area contributed by atoms with Gasteiger partial charge >= 0.3 is 0 Å². The van der Waals surface area contributed by atoms with Gasteiger partial charge in [-0.3, -0.25) is 9.78 Å². The highest BCUT2D eigenvalue weighted by Gasteiger charge is 1.96. The van der Waals surface area contributed by atoms with Crippen LogP contribution in [-0.4, -0.2) is 24.5 Å². The fourth-order valence-electron chi connectivity index (χ4n) is 1.00. The second-order valence-corrected chi connectivity index (χ2v) is 2.86. The Kier molecular flexibility index (Phi) is 3.72. The number of nitrogens with two attached hydrogens (primary N) is 1. The highest BCUT2D eigenvalue weighted by Crippen LogP contribution is 2.11. The lowest BCUT2D eigenvalue weighted by Crippen LogP contribution is -2.15. The van der Waals surface area contributed by atoms with Gasteiger partial charge in [0.2, 0.25) is 5.91 Å². The standard InChI is InChI=1S/C9H14N4O/c1-11-7-4-8(6-12-5-7)13-3-2-9(10)14/h4-6,11,13H,2-3H2,1H3,(H2,10,14). The lowest BCUT2D eigenvalue weighted by molar-refractivity contribution is -0.117. The van der Waals surface area contributed by atoms with E-state index in [-0.39, 0.29) is 5.91 Å². The summed E-state index contributed by atoms with van der Waals surface area (Å²) in [6, 6.07) is 1.91. The van der Waals surface area contributed by atoms with E-state index in [1.54, 1.807) is 12.4 Å². The van der Waals surface area contributed by atoms with Crippen LogP contribution in [0.1, 0.15) is 6.42 Å². The van der Waals surface area contributed by atoms with Crippen LogP contribution < -0.4 is 16.4 Å². The number of pyridine rings is 1. The third-order valence-corrected chi connectivity index (χ3v) is 1.73. The van der Waals surface area contributed by atoms with Gasteiger partial charge in [0.05, 0.1) is 23.8 Å². The van der Waals surface area contributed by atoms with E-state index in [0.717, 1.165) is 11.4 Å². The summed E-state index contributed by atoms with van der Waals surface area (Å²) >= 11 is 0. The Labute approximate surface area is 82.7 Å². The van der Waals surface area contributed by atoms with E-state index in [4.69, 9.17) is 5.73 Å². The van der Waals surface area contributed by atoms with E-state index in [0.29, 0.717) is 13.0 Å². The molecule has 1 aromatic rings. The average molecular weight is 194 g/mol. The first-order chi connectivity index (χ1) is 6.72. The van der Waals surface area contributed by atoms with E-state index in [1.165, 1.54) is 0 Å². The fourth-order valence-corrected chi connectivity index (χ4v) is 1.00. The molecule has 0 saturated heterocycles. The quantitative estimate of drug-likeness (QED) is 0.634. The lowest BCUT2D eigenvalue weighted by Gasteiger charge is -2.06. The van der Waals surface area contributed by atoms with Gasteiger partial charge in [0.25, 0.3) is 0 Å². The molecule has 1 rings (SSSR count). The Hall–Kier alpha value is -1.78. The molecule has 5 heteroatoms. The van der Waals surface area contributed by atoms with Crippen molar-refractivity contribution in [1.82, 2.24) is 4.98 Å². The summed E-state index contributed by atoms with van der Waals surface area (Å²) < 4.78 is 0. The predicted molar refractivity (Wildman–Crippen MR) is 56.1 cm³/mol. The number of hydrogen-bond donors (Lipinski definition) is 3. The number of rotatable bonds is 5. The smallest absolute Gasteiger partial charge is 0.219 e. The molecule has 4 N–H and O–H groups in total. The zero-order valence-electron chi connectivity index (χ0n) is 8.08. The van der Waals surface area contributed by atoms with E-state index in [2.05, 4.69) is 15.6 Å². The Morgan fingerprint density at radius 1 is 1.50 bits per heavy atom. The van der Waals surface area contributed by atoms with Crippen molar-refractivity contribution >= 4 is 17.3 Å². The summed E-state index contributed by atoms with van der Waals surface area (Å²) in [5, 5.41) is 6.02. The van der Waals surface area contributed by atoms with E-state index < -0.39 is 0 Å². The molecule has 0 radical (unpaired) electrons. The zero-order valence-corrected chi connectivity index (χ0v) is 8.08. The minimum atomic E-state index is -0.310. The number of amides is 1. The highest BCUT2D eigenvalue weighted by atomic mass is 16.1. The molecule has 1 amide bonds. The average Bonchev–Trinajstić information content (AvgIpc) is 2.18. The van der Waals surface area contributed by atoms with Gasteiger partial charge in [-0.15, -0.1) is 0 Å². The molecule has 5 nitrogen and oxygen atoms in total. The predicted octanol–water partition coefficient (Wildman–Crippen LogP) is 0.411. The summed E-state index contributed by atoms with van der Waals surface area (Å²) in [5.74, 6) is -0.310. The van der Waals surface area contributed by atoms with E-state index in [1.807, 2.05) is 13.1 Å². The number of nitrogens with one attached hydrogen (secondary N) is 2. The van der Waals surface area contributed by atoms with E-state index >= 15 is 0 Å². The number of carbonyl (C=O) groups excluding carboxylic acids is 1. The summed E-state index contributed by atoms with van der Waals surface area (Å²) in [5.41, 5.74) is 6.80. The topological polar surface area (TPSA) is 80.0 Å². The molecule has 0 spiro atoms. The molecule has 0 fully saturated rings. The number of hydrogen-bond acceptors (Lipinski definition) is 4. The van der Waals surface area contributed by atoms with Crippen LogP contribution in [0.2, 0.25) is 0 Å². The van der Waals surface area contributed by atoms with Crippen molar-refractivity contribution in [2.75, 3.05) is 24.2 Å².